The Morgan fingerprint density at radius 1 is 1.05 bits per heavy atom. The van der Waals surface area contributed by atoms with Crippen LogP contribution >= 0.6 is 11.3 Å². The number of rotatable bonds is 6. The van der Waals surface area contributed by atoms with Gasteiger partial charge in [0, 0.05) is 61.3 Å². The maximum atomic E-state index is 13.0. The van der Waals surface area contributed by atoms with Crippen LogP contribution in [-0.4, -0.2) is 86.1 Å². The number of nitrogens with one attached hydrogen (secondary N) is 1. The Hall–Kier alpha value is -2.57. The molecule has 1 aromatic carbocycles. The number of ether oxygens (including phenoxy) is 1. The topological polar surface area (TPSA) is 94.7 Å². The molecule has 0 atom stereocenters. The highest BCUT2D eigenvalue weighted by atomic mass is 32.2. The lowest BCUT2D eigenvalue weighted by molar-refractivity contribution is 0.122. The number of aromatic nitrogens is 3. The van der Waals surface area contributed by atoms with E-state index in [1.54, 1.807) is 37.6 Å². The van der Waals surface area contributed by atoms with Crippen molar-refractivity contribution in [2.45, 2.75) is 30.7 Å². The molecule has 2 aliphatic heterocycles. The SMILES string of the molecule is CN(C)S(=O)(=O)c1cc(-c2nc(N3CCOCC3)c3sc(CN4CCCCC4)cc3n2)c2cc[nH]c2c1. The number of hydrogen-bond acceptors (Lipinski definition) is 8. The van der Waals surface area contributed by atoms with Gasteiger partial charge >= 0.3 is 0 Å². The lowest BCUT2D eigenvalue weighted by Gasteiger charge is -2.28. The van der Waals surface area contributed by atoms with Gasteiger partial charge in [-0.15, -0.1) is 11.3 Å². The molecule has 9 nitrogen and oxygen atoms in total. The summed E-state index contributed by atoms with van der Waals surface area (Å²) in [4.78, 5) is 19.6. The zero-order valence-corrected chi connectivity index (χ0v) is 22.9. The van der Waals surface area contributed by atoms with Gasteiger partial charge in [-0.05, 0) is 50.2 Å². The lowest BCUT2D eigenvalue weighted by Crippen LogP contribution is -2.36. The zero-order valence-electron chi connectivity index (χ0n) is 21.2. The lowest BCUT2D eigenvalue weighted by atomic mass is 10.1. The molecule has 0 radical (unpaired) electrons. The summed E-state index contributed by atoms with van der Waals surface area (Å²) in [7, 11) is -0.547. The number of anilines is 1. The fourth-order valence-corrected chi connectivity index (χ4v) is 7.29. The molecule has 3 aromatic heterocycles. The molecule has 11 heteroatoms. The summed E-state index contributed by atoms with van der Waals surface area (Å²) in [6.45, 7) is 6.05. The molecule has 1 N–H and O–H groups in total. The molecule has 5 heterocycles. The first-order valence-electron chi connectivity index (χ1n) is 12.8. The summed E-state index contributed by atoms with van der Waals surface area (Å²) in [5.74, 6) is 1.44. The average Bonchev–Trinajstić information content (AvgIpc) is 3.55. The summed E-state index contributed by atoms with van der Waals surface area (Å²) in [5, 5.41) is 0.897. The molecule has 4 aromatic rings. The van der Waals surface area contributed by atoms with Crippen LogP contribution in [0.5, 0.6) is 0 Å². The van der Waals surface area contributed by atoms with Gasteiger partial charge in [-0.1, -0.05) is 6.42 Å². The van der Waals surface area contributed by atoms with Crippen LogP contribution in [0.4, 0.5) is 5.82 Å². The second-order valence-electron chi connectivity index (χ2n) is 9.93. The summed E-state index contributed by atoms with van der Waals surface area (Å²) < 4.78 is 34.0. The summed E-state index contributed by atoms with van der Waals surface area (Å²) in [5.41, 5.74) is 2.36. The molecular weight excluding hydrogens is 508 g/mol. The van der Waals surface area contributed by atoms with E-state index >= 15 is 0 Å². The highest BCUT2D eigenvalue weighted by Gasteiger charge is 2.24. The van der Waals surface area contributed by atoms with E-state index in [1.165, 1.54) is 28.4 Å². The predicted octanol–water partition coefficient (Wildman–Crippen LogP) is 3.91. The minimum atomic E-state index is -3.63. The molecule has 0 bridgehead atoms. The first-order valence-corrected chi connectivity index (χ1v) is 15.1. The van der Waals surface area contributed by atoms with Gasteiger partial charge in [-0.3, -0.25) is 4.90 Å². The van der Waals surface area contributed by atoms with E-state index in [4.69, 9.17) is 14.7 Å². The molecule has 6 rings (SSSR count). The quantitative estimate of drug-likeness (QED) is 0.396. The van der Waals surface area contributed by atoms with Crippen LogP contribution in [-0.2, 0) is 21.3 Å². The fourth-order valence-electron chi connectivity index (χ4n) is 5.18. The summed E-state index contributed by atoms with van der Waals surface area (Å²) in [6, 6.07) is 7.53. The van der Waals surface area contributed by atoms with Crippen molar-refractivity contribution in [2.24, 2.45) is 0 Å². The molecular formula is C26H32N6O3S2. The second kappa shape index (κ2) is 9.95. The number of fused-ring (bicyclic) bond motifs is 2. The van der Waals surface area contributed by atoms with Crippen LogP contribution in [0.25, 0.3) is 32.5 Å². The molecule has 0 saturated carbocycles. The van der Waals surface area contributed by atoms with Crippen molar-refractivity contribution in [3.8, 4) is 11.4 Å². The number of sulfonamides is 1. The van der Waals surface area contributed by atoms with Gasteiger partial charge in [-0.2, -0.15) is 0 Å². The Bertz CT molecular complexity index is 1530. The van der Waals surface area contributed by atoms with Crippen molar-refractivity contribution in [1.82, 2.24) is 24.2 Å². The van der Waals surface area contributed by atoms with E-state index in [0.29, 0.717) is 24.6 Å². The van der Waals surface area contributed by atoms with Gasteiger partial charge in [0.05, 0.1) is 28.3 Å². The van der Waals surface area contributed by atoms with Crippen LogP contribution in [0.3, 0.4) is 0 Å². The number of piperidine rings is 1. The highest BCUT2D eigenvalue weighted by molar-refractivity contribution is 7.89. The molecule has 0 aliphatic carbocycles. The third-order valence-electron chi connectivity index (χ3n) is 7.21. The van der Waals surface area contributed by atoms with E-state index in [2.05, 4.69) is 20.9 Å². The number of hydrogen-bond donors (Lipinski definition) is 1. The minimum absolute atomic E-state index is 0.218. The number of thiophene rings is 1. The number of nitrogens with zero attached hydrogens (tertiary/aromatic N) is 5. The van der Waals surface area contributed by atoms with Crippen LogP contribution in [0.2, 0.25) is 0 Å². The zero-order chi connectivity index (χ0) is 25.6. The molecule has 0 unspecified atom stereocenters. The Morgan fingerprint density at radius 3 is 2.59 bits per heavy atom. The summed E-state index contributed by atoms with van der Waals surface area (Å²) >= 11 is 1.77. The largest absolute Gasteiger partial charge is 0.378 e. The Balaban J connectivity index is 1.51. The van der Waals surface area contributed by atoms with Crippen LogP contribution in [0.1, 0.15) is 24.1 Å². The maximum Gasteiger partial charge on any atom is 0.242 e. The summed E-state index contributed by atoms with van der Waals surface area (Å²) in [6.07, 6.45) is 5.65. The van der Waals surface area contributed by atoms with Crippen molar-refractivity contribution in [3.05, 3.63) is 35.3 Å². The van der Waals surface area contributed by atoms with Crippen molar-refractivity contribution in [2.75, 3.05) is 58.4 Å². The van der Waals surface area contributed by atoms with Crippen LogP contribution in [0, 0.1) is 0 Å². The Labute approximate surface area is 221 Å². The number of aromatic amines is 1. The van der Waals surface area contributed by atoms with E-state index in [0.717, 1.165) is 59.7 Å². The number of benzene rings is 1. The molecule has 196 valence electrons. The van der Waals surface area contributed by atoms with Gasteiger partial charge in [0.2, 0.25) is 10.0 Å². The first kappa shape index (κ1) is 24.7. The molecule has 0 spiro atoms. The molecule has 37 heavy (non-hydrogen) atoms. The van der Waals surface area contributed by atoms with Gasteiger partial charge in [0.25, 0.3) is 0 Å². The molecule has 2 aliphatic rings. The second-order valence-corrected chi connectivity index (χ2v) is 13.2. The van der Waals surface area contributed by atoms with Gasteiger partial charge in [0.15, 0.2) is 11.6 Å². The normalized spacial score (nSPS) is 17.9. The smallest absolute Gasteiger partial charge is 0.242 e. The first-order chi connectivity index (χ1) is 17.9. The van der Waals surface area contributed by atoms with Crippen molar-refractivity contribution in [1.29, 1.82) is 0 Å². The Kier molecular flexibility index (Phi) is 6.66. The number of morpholine rings is 1. The molecule has 0 amide bonds. The third-order valence-corrected chi connectivity index (χ3v) is 10.1. The van der Waals surface area contributed by atoms with Crippen molar-refractivity contribution >= 4 is 48.3 Å². The molecule has 2 fully saturated rings. The van der Waals surface area contributed by atoms with Gasteiger partial charge < -0.3 is 14.6 Å². The third kappa shape index (κ3) is 4.74. The highest BCUT2D eigenvalue weighted by Crippen LogP contribution is 2.37. The fraction of sp³-hybridized carbons (Fsp3) is 0.462. The van der Waals surface area contributed by atoms with Gasteiger partial charge in [0.1, 0.15) is 0 Å². The molecule has 2 saturated heterocycles. The van der Waals surface area contributed by atoms with E-state index < -0.39 is 10.0 Å². The van der Waals surface area contributed by atoms with Crippen molar-refractivity contribution in [3.63, 3.8) is 0 Å². The van der Waals surface area contributed by atoms with E-state index in [1.807, 2.05) is 12.3 Å². The van der Waals surface area contributed by atoms with Crippen LogP contribution < -0.4 is 4.90 Å². The number of H-pyrrole nitrogens is 1. The van der Waals surface area contributed by atoms with Gasteiger partial charge in [-0.25, -0.2) is 22.7 Å². The standard InChI is InChI=1S/C26H32N6O3S2/c1-30(2)37(33,34)19-15-21(20-6-7-27-22(20)16-19)25-28-23-14-18(17-31-8-4-3-5-9-31)36-24(23)26(29-25)32-10-12-35-13-11-32/h6-7,14-16,27H,3-5,8-13,17H2,1-2H3. The monoisotopic (exact) mass is 540 g/mol. The Morgan fingerprint density at radius 2 is 1.84 bits per heavy atom. The number of likely N-dealkylation sites (tertiary alicyclic amines) is 1. The van der Waals surface area contributed by atoms with E-state index in [-0.39, 0.29) is 4.90 Å². The van der Waals surface area contributed by atoms with Crippen molar-refractivity contribution < 1.29 is 13.2 Å². The maximum absolute atomic E-state index is 13.0. The van der Waals surface area contributed by atoms with Crippen LogP contribution in [0.15, 0.2) is 35.4 Å². The predicted molar refractivity (Wildman–Crippen MR) is 148 cm³/mol. The minimum Gasteiger partial charge on any atom is -0.378 e. The average molecular weight is 541 g/mol. The van der Waals surface area contributed by atoms with E-state index in [9.17, 15) is 8.42 Å².